The maximum absolute atomic E-state index is 12.0. The van der Waals surface area contributed by atoms with E-state index in [2.05, 4.69) is 5.32 Å². The Morgan fingerprint density at radius 2 is 1.87 bits per heavy atom. The molecule has 1 aromatic carbocycles. The Bertz CT molecular complexity index is 722. The van der Waals surface area contributed by atoms with Gasteiger partial charge in [-0.05, 0) is 37.7 Å². The number of nitro groups is 1. The van der Waals surface area contributed by atoms with Crippen molar-refractivity contribution in [1.82, 2.24) is 4.90 Å². The van der Waals surface area contributed by atoms with Gasteiger partial charge in [-0.25, -0.2) is 0 Å². The SMILES string of the molecule is CC(C)=C1SC(=O)N(CC(=O)Nc2ccc([N+](=O)[O-])cc2)C1=O. The molecule has 0 unspecified atom stereocenters. The van der Waals surface area contributed by atoms with Gasteiger partial charge in [0.05, 0.1) is 9.83 Å². The van der Waals surface area contributed by atoms with Crippen LogP contribution in [0.25, 0.3) is 0 Å². The minimum atomic E-state index is -0.559. The zero-order valence-electron chi connectivity index (χ0n) is 12.4. The fourth-order valence-electron chi connectivity index (χ4n) is 1.85. The van der Waals surface area contributed by atoms with Gasteiger partial charge in [-0.1, -0.05) is 5.57 Å². The number of carbonyl (C=O) groups is 3. The molecule has 8 nitrogen and oxygen atoms in total. The van der Waals surface area contributed by atoms with E-state index in [1.54, 1.807) is 13.8 Å². The van der Waals surface area contributed by atoms with Crippen molar-refractivity contribution >= 4 is 40.2 Å². The summed E-state index contributed by atoms with van der Waals surface area (Å²) in [6.07, 6.45) is 0. The lowest BCUT2D eigenvalue weighted by Crippen LogP contribution is -2.36. The monoisotopic (exact) mass is 335 g/mol. The molecule has 3 amide bonds. The zero-order chi connectivity index (χ0) is 17.1. The molecule has 0 aromatic heterocycles. The first kappa shape index (κ1) is 16.7. The van der Waals surface area contributed by atoms with Crippen LogP contribution in [0.15, 0.2) is 34.7 Å². The third-order valence-electron chi connectivity index (χ3n) is 2.97. The molecule has 1 saturated heterocycles. The van der Waals surface area contributed by atoms with E-state index in [-0.39, 0.29) is 5.69 Å². The van der Waals surface area contributed by atoms with Gasteiger partial charge < -0.3 is 5.32 Å². The highest BCUT2D eigenvalue weighted by molar-refractivity contribution is 8.18. The predicted octanol–water partition coefficient (Wildman–Crippen LogP) is 2.52. The summed E-state index contributed by atoms with van der Waals surface area (Å²) >= 11 is 0.805. The van der Waals surface area contributed by atoms with Crippen LogP contribution in [0.4, 0.5) is 16.2 Å². The zero-order valence-corrected chi connectivity index (χ0v) is 13.2. The summed E-state index contributed by atoms with van der Waals surface area (Å²) in [6.45, 7) is 3.03. The van der Waals surface area contributed by atoms with Crippen LogP contribution in [0.1, 0.15) is 13.8 Å². The molecule has 1 aliphatic heterocycles. The van der Waals surface area contributed by atoms with Gasteiger partial charge in [0.1, 0.15) is 6.54 Å². The van der Waals surface area contributed by atoms with E-state index in [9.17, 15) is 24.5 Å². The third kappa shape index (κ3) is 3.75. The molecule has 2 rings (SSSR count). The fraction of sp³-hybridized carbons (Fsp3) is 0.214. The number of nitrogens with zero attached hydrogens (tertiary/aromatic N) is 2. The fourth-order valence-corrected chi connectivity index (χ4v) is 2.69. The average molecular weight is 335 g/mol. The number of nitrogens with one attached hydrogen (secondary N) is 1. The van der Waals surface area contributed by atoms with Crippen molar-refractivity contribution in [3.63, 3.8) is 0 Å². The molecule has 0 spiro atoms. The highest BCUT2D eigenvalue weighted by Crippen LogP contribution is 2.32. The number of carbonyl (C=O) groups excluding carboxylic acids is 3. The van der Waals surface area contributed by atoms with Crippen LogP contribution in [0.2, 0.25) is 0 Å². The summed E-state index contributed by atoms with van der Waals surface area (Å²) in [5.41, 5.74) is 0.957. The minimum absolute atomic E-state index is 0.0995. The number of hydrogen-bond acceptors (Lipinski definition) is 6. The van der Waals surface area contributed by atoms with E-state index in [1.165, 1.54) is 24.3 Å². The van der Waals surface area contributed by atoms with Crippen LogP contribution >= 0.6 is 11.8 Å². The molecular formula is C14H13N3O5S. The molecule has 0 bridgehead atoms. The summed E-state index contributed by atoms with van der Waals surface area (Å²) in [7, 11) is 0. The van der Waals surface area contributed by atoms with Gasteiger partial charge in [0.25, 0.3) is 16.8 Å². The highest BCUT2D eigenvalue weighted by atomic mass is 32.2. The van der Waals surface area contributed by atoms with Crippen molar-refractivity contribution in [2.45, 2.75) is 13.8 Å². The summed E-state index contributed by atoms with van der Waals surface area (Å²) in [6, 6.07) is 5.25. The number of anilines is 1. The Morgan fingerprint density at radius 1 is 1.26 bits per heavy atom. The van der Waals surface area contributed by atoms with Crippen LogP contribution in [-0.2, 0) is 9.59 Å². The number of rotatable bonds is 4. The maximum Gasteiger partial charge on any atom is 0.294 e. The molecular weight excluding hydrogens is 322 g/mol. The van der Waals surface area contributed by atoms with E-state index < -0.39 is 28.5 Å². The number of thioether (sulfide) groups is 1. The lowest BCUT2D eigenvalue weighted by Gasteiger charge is -2.12. The molecule has 23 heavy (non-hydrogen) atoms. The van der Waals surface area contributed by atoms with E-state index in [1.807, 2.05) is 0 Å². The molecule has 9 heteroatoms. The molecule has 0 aliphatic carbocycles. The lowest BCUT2D eigenvalue weighted by molar-refractivity contribution is -0.384. The van der Waals surface area contributed by atoms with Crippen molar-refractivity contribution in [1.29, 1.82) is 0 Å². The van der Waals surface area contributed by atoms with Gasteiger partial charge in [0.15, 0.2) is 0 Å². The number of non-ortho nitro benzene ring substituents is 1. The second kappa shape index (κ2) is 6.61. The highest BCUT2D eigenvalue weighted by Gasteiger charge is 2.36. The Kier molecular flexibility index (Phi) is 4.80. The molecule has 1 fully saturated rings. The topological polar surface area (TPSA) is 110 Å². The summed E-state index contributed by atoms with van der Waals surface area (Å²) < 4.78 is 0. The first-order valence-corrected chi connectivity index (χ1v) is 7.36. The Labute approximate surface area is 135 Å². The summed E-state index contributed by atoms with van der Waals surface area (Å²) in [5, 5.41) is 12.5. The molecule has 1 aromatic rings. The van der Waals surface area contributed by atoms with Gasteiger partial charge >= 0.3 is 0 Å². The van der Waals surface area contributed by atoms with Crippen LogP contribution in [0, 0.1) is 10.1 Å². The van der Waals surface area contributed by atoms with Crippen molar-refractivity contribution in [2.24, 2.45) is 0 Å². The third-order valence-corrected chi connectivity index (χ3v) is 4.15. The van der Waals surface area contributed by atoms with Crippen molar-refractivity contribution in [2.75, 3.05) is 11.9 Å². The number of allylic oxidation sites excluding steroid dienone is 1. The number of hydrogen-bond donors (Lipinski definition) is 1. The second-order valence-electron chi connectivity index (χ2n) is 4.94. The molecule has 0 atom stereocenters. The van der Waals surface area contributed by atoms with Gasteiger partial charge in [-0.3, -0.25) is 29.4 Å². The standard InChI is InChI=1S/C14H13N3O5S/c1-8(2)12-13(19)16(14(20)23-12)7-11(18)15-9-3-5-10(6-4-9)17(21)22/h3-6H,7H2,1-2H3,(H,15,18). The first-order chi connectivity index (χ1) is 10.8. The molecule has 1 N–H and O–H groups in total. The van der Waals surface area contributed by atoms with E-state index in [0.29, 0.717) is 16.2 Å². The number of imide groups is 1. The smallest absolute Gasteiger partial charge is 0.294 e. The van der Waals surface area contributed by atoms with Crippen molar-refractivity contribution in [3.8, 4) is 0 Å². The Hall–Kier alpha value is -2.68. The largest absolute Gasteiger partial charge is 0.325 e. The Morgan fingerprint density at radius 3 is 2.35 bits per heavy atom. The number of amides is 3. The minimum Gasteiger partial charge on any atom is -0.325 e. The normalized spacial score (nSPS) is 14.2. The van der Waals surface area contributed by atoms with Crippen LogP contribution in [0.5, 0.6) is 0 Å². The summed E-state index contributed by atoms with van der Waals surface area (Å²) in [5.74, 6) is -1.05. The van der Waals surface area contributed by atoms with Gasteiger partial charge in [-0.15, -0.1) is 0 Å². The molecule has 0 radical (unpaired) electrons. The van der Waals surface area contributed by atoms with Crippen LogP contribution in [0.3, 0.4) is 0 Å². The lowest BCUT2D eigenvalue weighted by atomic mass is 10.3. The molecule has 120 valence electrons. The second-order valence-corrected chi connectivity index (χ2v) is 5.90. The van der Waals surface area contributed by atoms with Crippen molar-refractivity contribution in [3.05, 3.63) is 44.9 Å². The molecule has 0 saturated carbocycles. The quantitative estimate of drug-likeness (QED) is 0.514. The number of nitro benzene ring substituents is 1. The summed E-state index contributed by atoms with van der Waals surface area (Å²) in [4.78, 5) is 47.0. The predicted molar refractivity (Wildman–Crippen MR) is 84.8 cm³/mol. The first-order valence-electron chi connectivity index (χ1n) is 6.55. The van der Waals surface area contributed by atoms with Crippen LogP contribution in [-0.4, -0.2) is 33.4 Å². The van der Waals surface area contributed by atoms with Crippen LogP contribution < -0.4 is 5.32 Å². The van der Waals surface area contributed by atoms with Gasteiger partial charge in [0, 0.05) is 17.8 Å². The van der Waals surface area contributed by atoms with E-state index in [4.69, 9.17) is 0 Å². The Balaban J connectivity index is 2.02. The molecule has 1 aliphatic rings. The average Bonchev–Trinajstić information content (AvgIpc) is 2.76. The molecule has 1 heterocycles. The maximum atomic E-state index is 12.0. The van der Waals surface area contributed by atoms with Gasteiger partial charge in [0.2, 0.25) is 5.91 Å². The van der Waals surface area contributed by atoms with E-state index in [0.717, 1.165) is 16.7 Å². The van der Waals surface area contributed by atoms with E-state index >= 15 is 0 Å². The van der Waals surface area contributed by atoms with Crippen molar-refractivity contribution < 1.29 is 19.3 Å². The van der Waals surface area contributed by atoms with Gasteiger partial charge in [-0.2, -0.15) is 0 Å². The number of benzene rings is 1.